The second-order valence-electron chi connectivity index (χ2n) is 5.76. The van der Waals surface area contributed by atoms with E-state index in [1.165, 1.54) is 4.90 Å². The number of aliphatic hydroxyl groups is 1. The fraction of sp³-hybridized carbons (Fsp3) is 0.923. The van der Waals surface area contributed by atoms with E-state index in [1.54, 1.807) is 14.1 Å². The molecule has 1 heterocycles. The molecule has 0 spiro atoms. The first-order valence-corrected chi connectivity index (χ1v) is 6.63. The van der Waals surface area contributed by atoms with Crippen LogP contribution >= 0.6 is 0 Å². The standard InChI is InChI=1S/C13H26N2O4/c1-13(2)10-15(5-6-16)7-11(19-13)8-18-9-12(17)14(3)4/h11,16H,5-10H2,1-4H3. The Balaban J connectivity index is 2.37. The number of aliphatic hydroxyl groups excluding tert-OH is 1. The molecule has 0 aliphatic carbocycles. The Morgan fingerprint density at radius 2 is 2.21 bits per heavy atom. The highest BCUT2D eigenvalue weighted by atomic mass is 16.5. The quantitative estimate of drug-likeness (QED) is 0.712. The number of ether oxygens (including phenoxy) is 2. The topological polar surface area (TPSA) is 62.2 Å². The summed E-state index contributed by atoms with van der Waals surface area (Å²) in [4.78, 5) is 15.1. The van der Waals surface area contributed by atoms with Crippen LogP contribution in [-0.2, 0) is 14.3 Å². The van der Waals surface area contributed by atoms with Gasteiger partial charge in [0.2, 0.25) is 5.91 Å². The van der Waals surface area contributed by atoms with Crippen molar-refractivity contribution in [2.24, 2.45) is 0 Å². The lowest BCUT2D eigenvalue weighted by Gasteiger charge is -2.42. The molecule has 0 saturated carbocycles. The molecule has 0 aromatic rings. The van der Waals surface area contributed by atoms with E-state index in [9.17, 15) is 4.79 Å². The molecular weight excluding hydrogens is 248 g/mol. The molecule has 1 aliphatic rings. The summed E-state index contributed by atoms with van der Waals surface area (Å²) < 4.78 is 11.3. The van der Waals surface area contributed by atoms with Crippen molar-refractivity contribution in [3.05, 3.63) is 0 Å². The Morgan fingerprint density at radius 3 is 2.79 bits per heavy atom. The van der Waals surface area contributed by atoms with Crippen LogP contribution in [0, 0.1) is 0 Å². The van der Waals surface area contributed by atoms with Gasteiger partial charge in [-0.1, -0.05) is 0 Å². The summed E-state index contributed by atoms with van der Waals surface area (Å²) in [6.45, 7) is 6.81. The summed E-state index contributed by atoms with van der Waals surface area (Å²) in [5.74, 6) is -0.0534. The number of carbonyl (C=O) groups excluding carboxylic acids is 1. The molecule has 1 atom stereocenters. The predicted octanol–water partition coefficient (Wildman–Crippen LogP) is -0.437. The zero-order valence-electron chi connectivity index (χ0n) is 12.4. The van der Waals surface area contributed by atoms with Gasteiger partial charge >= 0.3 is 0 Å². The number of hydrogen-bond donors (Lipinski definition) is 1. The van der Waals surface area contributed by atoms with Crippen molar-refractivity contribution in [1.29, 1.82) is 0 Å². The lowest BCUT2D eigenvalue weighted by molar-refractivity contribution is -0.160. The van der Waals surface area contributed by atoms with E-state index in [0.29, 0.717) is 13.2 Å². The van der Waals surface area contributed by atoms with E-state index in [0.717, 1.165) is 13.1 Å². The molecule has 112 valence electrons. The minimum absolute atomic E-state index is 0.0534. The van der Waals surface area contributed by atoms with Crippen LogP contribution in [0.25, 0.3) is 0 Å². The van der Waals surface area contributed by atoms with Gasteiger partial charge in [-0.05, 0) is 13.8 Å². The molecule has 1 unspecified atom stereocenters. The van der Waals surface area contributed by atoms with Gasteiger partial charge in [-0.2, -0.15) is 0 Å². The second-order valence-corrected chi connectivity index (χ2v) is 5.76. The van der Waals surface area contributed by atoms with Crippen molar-refractivity contribution in [3.63, 3.8) is 0 Å². The Morgan fingerprint density at radius 1 is 1.53 bits per heavy atom. The van der Waals surface area contributed by atoms with Gasteiger partial charge in [-0.25, -0.2) is 0 Å². The maximum Gasteiger partial charge on any atom is 0.248 e. The van der Waals surface area contributed by atoms with Crippen LogP contribution in [0.15, 0.2) is 0 Å². The molecular formula is C13H26N2O4. The first-order chi connectivity index (χ1) is 8.84. The van der Waals surface area contributed by atoms with Gasteiger partial charge < -0.3 is 19.5 Å². The van der Waals surface area contributed by atoms with Gasteiger partial charge in [0.25, 0.3) is 0 Å². The van der Waals surface area contributed by atoms with Crippen LogP contribution in [0.2, 0.25) is 0 Å². The Labute approximate surface area is 115 Å². The number of nitrogens with zero attached hydrogens (tertiary/aromatic N) is 2. The van der Waals surface area contributed by atoms with Crippen molar-refractivity contribution < 1.29 is 19.4 Å². The van der Waals surface area contributed by atoms with Gasteiger partial charge in [0.1, 0.15) is 6.61 Å². The molecule has 19 heavy (non-hydrogen) atoms. The number of rotatable bonds is 6. The third-order valence-electron chi connectivity index (χ3n) is 3.00. The minimum atomic E-state index is -0.257. The molecule has 6 nitrogen and oxygen atoms in total. The maximum absolute atomic E-state index is 11.4. The summed E-state index contributed by atoms with van der Waals surface area (Å²) in [6.07, 6.45) is -0.0646. The molecule has 1 aliphatic heterocycles. The summed E-state index contributed by atoms with van der Waals surface area (Å²) in [7, 11) is 3.41. The van der Waals surface area contributed by atoms with E-state index in [2.05, 4.69) is 4.90 Å². The van der Waals surface area contributed by atoms with Crippen LogP contribution in [0.4, 0.5) is 0 Å². The highest BCUT2D eigenvalue weighted by Crippen LogP contribution is 2.20. The summed E-state index contributed by atoms with van der Waals surface area (Å²) >= 11 is 0. The first kappa shape index (κ1) is 16.4. The number of β-amino-alcohol motifs (C(OH)–C–C–N with tert-alkyl or cyclic N) is 1. The van der Waals surface area contributed by atoms with E-state index < -0.39 is 0 Å². The lowest BCUT2D eigenvalue weighted by atomic mass is 10.1. The van der Waals surface area contributed by atoms with Gasteiger partial charge in [0, 0.05) is 33.7 Å². The molecule has 0 bridgehead atoms. The number of hydrogen-bond acceptors (Lipinski definition) is 5. The second kappa shape index (κ2) is 7.19. The molecule has 6 heteroatoms. The number of likely N-dealkylation sites (N-methyl/N-ethyl adjacent to an activating group) is 1. The minimum Gasteiger partial charge on any atom is -0.395 e. The summed E-state index contributed by atoms with van der Waals surface area (Å²) in [5, 5.41) is 9.02. The summed E-state index contributed by atoms with van der Waals surface area (Å²) in [6, 6.07) is 0. The number of amides is 1. The highest BCUT2D eigenvalue weighted by molar-refractivity contribution is 5.76. The lowest BCUT2D eigenvalue weighted by Crippen LogP contribution is -2.54. The van der Waals surface area contributed by atoms with Crippen molar-refractivity contribution in [1.82, 2.24) is 9.80 Å². The smallest absolute Gasteiger partial charge is 0.248 e. The third kappa shape index (κ3) is 5.86. The molecule has 1 fully saturated rings. The van der Waals surface area contributed by atoms with E-state index in [4.69, 9.17) is 14.6 Å². The van der Waals surface area contributed by atoms with Gasteiger partial charge in [0.05, 0.1) is 24.9 Å². The van der Waals surface area contributed by atoms with Crippen molar-refractivity contribution in [2.75, 3.05) is 53.6 Å². The Kier molecular flexibility index (Phi) is 6.19. The molecule has 1 amide bonds. The van der Waals surface area contributed by atoms with E-state index in [-0.39, 0.29) is 30.8 Å². The van der Waals surface area contributed by atoms with Gasteiger partial charge in [-0.15, -0.1) is 0 Å². The monoisotopic (exact) mass is 274 g/mol. The zero-order chi connectivity index (χ0) is 14.5. The number of carbonyl (C=O) groups is 1. The summed E-state index contributed by atoms with van der Waals surface area (Å²) in [5.41, 5.74) is -0.257. The van der Waals surface area contributed by atoms with Crippen molar-refractivity contribution >= 4 is 5.91 Å². The average Bonchev–Trinajstić information content (AvgIpc) is 2.26. The van der Waals surface area contributed by atoms with E-state index in [1.807, 2.05) is 13.8 Å². The van der Waals surface area contributed by atoms with Gasteiger partial charge in [-0.3, -0.25) is 9.69 Å². The van der Waals surface area contributed by atoms with Gasteiger partial charge in [0.15, 0.2) is 0 Å². The SMILES string of the molecule is CN(C)C(=O)COCC1CN(CCO)CC(C)(C)O1. The first-order valence-electron chi connectivity index (χ1n) is 6.63. The molecule has 1 rings (SSSR count). The van der Waals surface area contributed by atoms with E-state index >= 15 is 0 Å². The van der Waals surface area contributed by atoms with Crippen LogP contribution in [-0.4, -0.2) is 86.1 Å². The molecule has 0 radical (unpaired) electrons. The number of morpholine rings is 1. The predicted molar refractivity (Wildman–Crippen MR) is 72.0 cm³/mol. The molecule has 1 saturated heterocycles. The third-order valence-corrected chi connectivity index (χ3v) is 3.00. The normalized spacial score (nSPS) is 23.3. The van der Waals surface area contributed by atoms with Crippen molar-refractivity contribution in [2.45, 2.75) is 25.6 Å². The molecule has 1 N–H and O–H groups in total. The van der Waals surface area contributed by atoms with Crippen LogP contribution in [0.1, 0.15) is 13.8 Å². The van der Waals surface area contributed by atoms with Crippen LogP contribution < -0.4 is 0 Å². The fourth-order valence-electron chi connectivity index (χ4n) is 2.22. The largest absolute Gasteiger partial charge is 0.395 e. The Hall–Kier alpha value is -0.690. The molecule has 0 aromatic heterocycles. The average molecular weight is 274 g/mol. The van der Waals surface area contributed by atoms with Crippen LogP contribution in [0.3, 0.4) is 0 Å². The molecule has 0 aromatic carbocycles. The highest BCUT2D eigenvalue weighted by Gasteiger charge is 2.33. The van der Waals surface area contributed by atoms with Crippen LogP contribution in [0.5, 0.6) is 0 Å². The Bertz CT molecular complexity index is 294. The maximum atomic E-state index is 11.4. The van der Waals surface area contributed by atoms with Crippen molar-refractivity contribution in [3.8, 4) is 0 Å². The fourth-order valence-corrected chi connectivity index (χ4v) is 2.22. The zero-order valence-corrected chi connectivity index (χ0v) is 12.4.